The van der Waals surface area contributed by atoms with Crippen molar-refractivity contribution in [1.29, 1.82) is 0 Å². The molecule has 2 heterocycles. The molecular weight excluding hydrogens is 276 g/mol. The second-order valence-electron chi connectivity index (χ2n) is 6.97. The molecule has 0 radical (unpaired) electrons. The zero-order valence-corrected chi connectivity index (χ0v) is 13.6. The van der Waals surface area contributed by atoms with Crippen LogP contribution < -0.4 is 10.6 Å². The van der Waals surface area contributed by atoms with Crippen molar-refractivity contribution in [3.05, 3.63) is 18.0 Å². The van der Waals surface area contributed by atoms with Crippen LogP contribution in [0.1, 0.15) is 68.4 Å². The standard InChI is InChI=1S/C17H28N4O/c1-2-7-17(8-4-9-17)13-19-16(22)15-6-11-21(20-15)14-5-3-10-18-12-14/h6,11,14,18H,2-5,7-10,12-13H2,1H3,(H,19,22). The number of carbonyl (C=O) groups is 1. The minimum Gasteiger partial charge on any atom is -0.350 e. The molecule has 0 bridgehead atoms. The van der Waals surface area contributed by atoms with Gasteiger partial charge in [0.15, 0.2) is 0 Å². The predicted molar refractivity (Wildman–Crippen MR) is 86.9 cm³/mol. The van der Waals surface area contributed by atoms with Gasteiger partial charge in [-0.25, -0.2) is 0 Å². The zero-order valence-electron chi connectivity index (χ0n) is 13.6. The first-order chi connectivity index (χ1) is 10.7. The van der Waals surface area contributed by atoms with Crippen LogP contribution in [0.2, 0.25) is 0 Å². The third-order valence-corrected chi connectivity index (χ3v) is 5.30. The van der Waals surface area contributed by atoms with Crippen LogP contribution in [0.5, 0.6) is 0 Å². The second-order valence-corrected chi connectivity index (χ2v) is 6.97. The molecule has 2 aliphatic rings. The summed E-state index contributed by atoms with van der Waals surface area (Å²) in [5, 5.41) is 11.0. The number of nitrogens with one attached hydrogen (secondary N) is 2. The number of aromatic nitrogens is 2. The van der Waals surface area contributed by atoms with Gasteiger partial charge in [-0.05, 0) is 50.1 Å². The molecule has 0 spiro atoms. The Morgan fingerprint density at radius 1 is 1.50 bits per heavy atom. The molecule has 1 atom stereocenters. The van der Waals surface area contributed by atoms with E-state index in [4.69, 9.17) is 0 Å². The van der Waals surface area contributed by atoms with Crippen molar-refractivity contribution in [3.63, 3.8) is 0 Å². The summed E-state index contributed by atoms with van der Waals surface area (Å²) in [5.41, 5.74) is 0.914. The first-order valence-corrected chi connectivity index (χ1v) is 8.76. The smallest absolute Gasteiger partial charge is 0.271 e. The highest BCUT2D eigenvalue weighted by molar-refractivity contribution is 5.92. The molecule has 1 aliphatic carbocycles. The van der Waals surface area contributed by atoms with Gasteiger partial charge in [-0.1, -0.05) is 19.8 Å². The van der Waals surface area contributed by atoms with Gasteiger partial charge in [0, 0.05) is 19.3 Å². The van der Waals surface area contributed by atoms with Crippen molar-refractivity contribution in [2.24, 2.45) is 5.41 Å². The summed E-state index contributed by atoms with van der Waals surface area (Å²) in [6.45, 7) is 5.06. The van der Waals surface area contributed by atoms with Crippen LogP contribution in [-0.2, 0) is 0 Å². The summed E-state index contributed by atoms with van der Waals surface area (Å²) in [7, 11) is 0. The lowest BCUT2D eigenvalue weighted by atomic mass is 9.66. The molecule has 2 N–H and O–H groups in total. The Morgan fingerprint density at radius 3 is 3.00 bits per heavy atom. The van der Waals surface area contributed by atoms with Crippen molar-refractivity contribution in [3.8, 4) is 0 Å². The molecule has 1 aromatic rings. The fraction of sp³-hybridized carbons (Fsp3) is 0.765. The maximum absolute atomic E-state index is 12.3. The van der Waals surface area contributed by atoms with Crippen molar-refractivity contribution < 1.29 is 4.79 Å². The Morgan fingerprint density at radius 2 is 2.36 bits per heavy atom. The van der Waals surface area contributed by atoms with E-state index in [9.17, 15) is 4.79 Å². The van der Waals surface area contributed by atoms with Gasteiger partial charge in [0.05, 0.1) is 6.04 Å². The Labute approximate surface area is 132 Å². The molecule has 1 aliphatic heterocycles. The van der Waals surface area contributed by atoms with E-state index in [1.807, 2.05) is 16.9 Å². The first-order valence-electron chi connectivity index (χ1n) is 8.76. The molecule has 1 saturated heterocycles. The van der Waals surface area contributed by atoms with Crippen molar-refractivity contribution in [2.45, 2.75) is 57.9 Å². The predicted octanol–water partition coefficient (Wildman–Crippen LogP) is 2.51. The van der Waals surface area contributed by atoms with Crippen molar-refractivity contribution in [1.82, 2.24) is 20.4 Å². The zero-order chi connectivity index (χ0) is 15.4. The van der Waals surface area contributed by atoms with E-state index >= 15 is 0 Å². The topological polar surface area (TPSA) is 59.0 Å². The fourth-order valence-corrected chi connectivity index (χ4v) is 3.80. The lowest BCUT2D eigenvalue weighted by molar-refractivity contribution is 0.0827. The van der Waals surface area contributed by atoms with Crippen molar-refractivity contribution >= 4 is 5.91 Å². The molecule has 2 fully saturated rings. The average molecular weight is 304 g/mol. The van der Waals surface area contributed by atoms with Gasteiger partial charge in [-0.3, -0.25) is 9.48 Å². The fourth-order valence-electron chi connectivity index (χ4n) is 3.80. The average Bonchev–Trinajstić information content (AvgIpc) is 3.00. The number of hydrogen-bond acceptors (Lipinski definition) is 3. The van der Waals surface area contributed by atoms with Gasteiger partial charge in [-0.2, -0.15) is 5.10 Å². The van der Waals surface area contributed by atoms with Gasteiger partial charge in [0.1, 0.15) is 5.69 Å². The Hall–Kier alpha value is -1.36. The maximum Gasteiger partial charge on any atom is 0.271 e. The molecule has 1 aromatic heterocycles. The molecule has 122 valence electrons. The lowest BCUT2D eigenvalue weighted by Crippen LogP contribution is -2.42. The Kier molecular flexibility index (Phi) is 4.81. The van der Waals surface area contributed by atoms with E-state index in [-0.39, 0.29) is 5.91 Å². The highest BCUT2D eigenvalue weighted by atomic mass is 16.1. The molecule has 5 nitrogen and oxygen atoms in total. The summed E-state index contributed by atoms with van der Waals surface area (Å²) >= 11 is 0. The van der Waals surface area contributed by atoms with E-state index in [1.54, 1.807) is 0 Å². The van der Waals surface area contributed by atoms with Crippen LogP contribution >= 0.6 is 0 Å². The highest BCUT2D eigenvalue weighted by Gasteiger charge is 2.36. The van der Waals surface area contributed by atoms with Crippen LogP contribution in [0.4, 0.5) is 0 Å². The quantitative estimate of drug-likeness (QED) is 0.849. The number of carbonyl (C=O) groups excluding carboxylic acids is 1. The third kappa shape index (κ3) is 3.35. The molecule has 1 amide bonds. The summed E-state index contributed by atoms with van der Waals surface area (Å²) in [6, 6.07) is 2.23. The van der Waals surface area contributed by atoms with E-state index in [0.29, 0.717) is 17.2 Å². The molecule has 1 saturated carbocycles. The molecule has 22 heavy (non-hydrogen) atoms. The molecule has 1 unspecified atom stereocenters. The Balaban J connectivity index is 1.55. The van der Waals surface area contributed by atoms with Gasteiger partial charge < -0.3 is 10.6 Å². The van der Waals surface area contributed by atoms with E-state index in [0.717, 1.165) is 26.1 Å². The van der Waals surface area contributed by atoms with Crippen LogP contribution in [0.15, 0.2) is 12.3 Å². The largest absolute Gasteiger partial charge is 0.350 e. The molecule has 5 heteroatoms. The van der Waals surface area contributed by atoms with Crippen LogP contribution in [0.3, 0.4) is 0 Å². The monoisotopic (exact) mass is 304 g/mol. The lowest BCUT2D eigenvalue weighted by Gasteiger charge is -2.42. The second kappa shape index (κ2) is 6.82. The molecular formula is C17H28N4O. The van der Waals surface area contributed by atoms with Crippen LogP contribution in [-0.4, -0.2) is 35.3 Å². The normalized spacial score (nSPS) is 23.8. The molecule has 0 aromatic carbocycles. The number of nitrogens with zero attached hydrogens (tertiary/aromatic N) is 2. The van der Waals surface area contributed by atoms with Crippen molar-refractivity contribution in [2.75, 3.05) is 19.6 Å². The number of hydrogen-bond donors (Lipinski definition) is 2. The molecule has 3 rings (SSSR count). The SMILES string of the molecule is CCCC1(CNC(=O)c2ccn(C3CCCNC3)n2)CCC1. The minimum atomic E-state index is -0.0232. The summed E-state index contributed by atoms with van der Waals surface area (Å²) in [4.78, 5) is 12.3. The number of piperidine rings is 1. The van der Waals surface area contributed by atoms with E-state index in [1.165, 1.54) is 38.5 Å². The highest BCUT2D eigenvalue weighted by Crippen LogP contribution is 2.44. The first kappa shape index (κ1) is 15.5. The van der Waals surface area contributed by atoms with Gasteiger partial charge in [0.2, 0.25) is 0 Å². The summed E-state index contributed by atoms with van der Waals surface area (Å²) < 4.78 is 1.95. The maximum atomic E-state index is 12.3. The van der Waals surface area contributed by atoms with Gasteiger partial charge in [-0.15, -0.1) is 0 Å². The van der Waals surface area contributed by atoms with E-state index in [2.05, 4.69) is 22.7 Å². The minimum absolute atomic E-state index is 0.0232. The summed E-state index contributed by atoms with van der Waals surface area (Å²) in [5.74, 6) is -0.0232. The summed E-state index contributed by atoms with van der Waals surface area (Å²) in [6.07, 6.45) is 10.5. The van der Waals surface area contributed by atoms with Gasteiger partial charge >= 0.3 is 0 Å². The van der Waals surface area contributed by atoms with Gasteiger partial charge in [0.25, 0.3) is 5.91 Å². The number of amides is 1. The number of rotatable bonds is 6. The van der Waals surface area contributed by atoms with Crippen LogP contribution in [0, 0.1) is 5.41 Å². The van der Waals surface area contributed by atoms with E-state index < -0.39 is 0 Å². The Bertz CT molecular complexity index is 501. The third-order valence-electron chi connectivity index (χ3n) is 5.30. The van der Waals surface area contributed by atoms with Crippen LogP contribution in [0.25, 0.3) is 0 Å².